The van der Waals surface area contributed by atoms with Gasteiger partial charge in [-0.2, -0.15) is 15.6 Å². The third kappa shape index (κ3) is 2.31. The number of anilines is 1. The molecule has 5 nitrogen and oxygen atoms in total. The largest absolute Gasteiger partial charge is 0.379 e. The van der Waals surface area contributed by atoms with Gasteiger partial charge in [-0.15, -0.1) is 0 Å². The lowest BCUT2D eigenvalue weighted by Crippen LogP contribution is -2.05. The molecule has 0 fully saturated rings. The summed E-state index contributed by atoms with van der Waals surface area (Å²) in [4.78, 5) is 0. The summed E-state index contributed by atoms with van der Waals surface area (Å²) in [7, 11) is 1.87. The Morgan fingerprint density at radius 3 is 2.61 bits per heavy atom. The Morgan fingerprint density at radius 2 is 2.00 bits per heavy atom. The van der Waals surface area contributed by atoms with Crippen molar-refractivity contribution in [2.24, 2.45) is 7.05 Å². The zero-order valence-corrected chi connectivity index (χ0v) is 9.88. The predicted molar refractivity (Wildman–Crippen MR) is 66.4 cm³/mol. The summed E-state index contributed by atoms with van der Waals surface area (Å²) in [6.07, 6.45) is 1.73. The average molecular weight is 237 g/mol. The zero-order chi connectivity index (χ0) is 13.0. The molecule has 0 saturated heterocycles. The first-order valence-corrected chi connectivity index (χ1v) is 5.39. The molecule has 0 radical (unpaired) electrons. The van der Waals surface area contributed by atoms with Crippen molar-refractivity contribution in [3.05, 3.63) is 47.3 Å². The minimum atomic E-state index is 0.382. The molecule has 0 atom stereocenters. The summed E-state index contributed by atoms with van der Waals surface area (Å²) in [6, 6.07) is 11.0. The number of hydrogen-bond donors (Lipinski definition) is 1. The second-order valence-electron chi connectivity index (χ2n) is 3.78. The van der Waals surface area contributed by atoms with Crippen molar-refractivity contribution in [3.63, 3.8) is 0 Å². The van der Waals surface area contributed by atoms with Crippen LogP contribution in [0.1, 0.15) is 16.8 Å². The molecule has 1 N–H and O–H groups in total. The summed E-state index contributed by atoms with van der Waals surface area (Å²) in [5, 5.41) is 25.0. The Hall–Kier alpha value is -2.79. The standard InChI is InChI=1S/C13H11N5/c1-18-13(4-5-17-18)9-16-12-3-2-10(7-14)11(6-12)8-15/h2-6,16H,9H2,1H3. The van der Waals surface area contributed by atoms with E-state index in [1.54, 1.807) is 29.1 Å². The lowest BCUT2D eigenvalue weighted by molar-refractivity contribution is 0.720. The number of benzene rings is 1. The van der Waals surface area contributed by atoms with Gasteiger partial charge in [-0.1, -0.05) is 0 Å². The second kappa shape index (κ2) is 5.03. The number of nitrogens with zero attached hydrogens (tertiary/aromatic N) is 4. The summed E-state index contributed by atoms with van der Waals surface area (Å²) in [5.74, 6) is 0. The molecule has 88 valence electrons. The van der Waals surface area contributed by atoms with E-state index < -0.39 is 0 Å². The zero-order valence-electron chi connectivity index (χ0n) is 9.88. The van der Waals surface area contributed by atoms with Crippen LogP contribution in [0.4, 0.5) is 5.69 Å². The van der Waals surface area contributed by atoms with Gasteiger partial charge in [-0.25, -0.2) is 0 Å². The molecular formula is C13H11N5. The van der Waals surface area contributed by atoms with Crippen LogP contribution in [0.3, 0.4) is 0 Å². The first-order chi connectivity index (χ1) is 8.74. The molecule has 1 heterocycles. The Kier molecular flexibility index (Phi) is 3.26. The van der Waals surface area contributed by atoms with Crippen LogP contribution < -0.4 is 5.32 Å². The van der Waals surface area contributed by atoms with Crippen LogP contribution in [0.15, 0.2) is 30.5 Å². The molecule has 1 aromatic carbocycles. The van der Waals surface area contributed by atoms with Crippen molar-refractivity contribution in [1.29, 1.82) is 10.5 Å². The topological polar surface area (TPSA) is 77.4 Å². The summed E-state index contributed by atoms with van der Waals surface area (Å²) in [5.41, 5.74) is 2.63. The predicted octanol–water partition coefficient (Wildman–Crippen LogP) is 1.78. The molecule has 0 bridgehead atoms. The van der Waals surface area contributed by atoms with Crippen molar-refractivity contribution in [3.8, 4) is 12.1 Å². The maximum absolute atomic E-state index is 8.93. The Bertz CT molecular complexity index is 642. The fraction of sp³-hybridized carbons (Fsp3) is 0.154. The van der Waals surface area contributed by atoms with Crippen LogP contribution in [0.5, 0.6) is 0 Å². The third-order valence-electron chi connectivity index (χ3n) is 2.66. The Labute approximate surface area is 105 Å². The van der Waals surface area contributed by atoms with Gasteiger partial charge in [0.1, 0.15) is 12.1 Å². The van der Waals surface area contributed by atoms with Crippen LogP contribution in [0, 0.1) is 22.7 Å². The van der Waals surface area contributed by atoms with Crippen LogP contribution >= 0.6 is 0 Å². The van der Waals surface area contributed by atoms with E-state index in [4.69, 9.17) is 10.5 Å². The van der Waals surface area contributed by atoms with E-state index in [0.717, 1.165) is 11.4 Å². The number of aryl methyl sites for hydroxylation is 1. The van der Waals surface area contributed by atoms with Crippen LogP contribution in [-0.4, -0.2) is 9.78 Å². The molecule has 0 saturated carbocycles. The van der Waals surface area contributed by atoms with Gasteiger partial charge in [-0.05, 0) is 24.3 Å². The lowest BCUT2D eigenvalue weighted by Gasteiger charge is -2.07. The number of rotatable bonds is 3. The minimum Gasteiger partial charge on any atom is -0.379 e. The molecule has 18 heavy (non-hydrogen) atoms. The average Bonchev–Trinajstić information content (AvgIpc) is 2.81. The molecule has 0 amide bonds. The monoisotopic (exact) mass is 237 g/mol. The molecule has 0 aliphatic rings. The van der Waals surface area contributed by atoms with Gasteiger partial charge in [0.25, 0.3) is 0 Å². The van der Waals surface area contributed by atoms with Gasteiger partial charge in [-0.3, -0.25) is 4.68 Å². The van der Waals surface area contributed by atoms with Crippen LogP contribution in [0.2, 0.25) is 0 Å². The molecule has 0 aliphatic carbocycles. The second-order valence-corrected chi connectivity index (χ2v) is 3.78. The fourth-order valence-corrected chi connectivity index (χ4v) is 1.61. The summed E-state index contributed by atoms with van der Waals surface area (Å²) >= 11 is 0. The number of hydrogen-bond acceptors (Lipinski definition) is 4. The van der Waals surface area contributed by atoms with Crippen molar-refractivity contribution in [2.45, 2.75) is 6.54 Å². The highest BCUT2D eigenvalue weighted by Crippen LogP contribution is 2.15. The van der Waals surface area contributed by atoms with Gasteiger partial charge in [0.15, 0.2) is 0 Å². The number of nitriles is 2. The third-order valence-corrected chi connectivity index (χ3v) is 2.66. The highest BCUT2D eigenvalue weighted by atomic mass is 15.3. The van der Waals surface area contributed by atoms with Crippen molar-refractivity contribution < 1.29 is 0 Å². The molecule has 0 unspecified atom stereocenters. The maximum Gasteiger partial charge on any atom is 0.101 e. The lowest BCUT2D eigenvalue weighted by atomic mass is 10.1. The van der Waals surface area contributed by atoms with Crippen LogP contribution in [-0.2, 0) is 13.6 Å². The van der Waals surface area contributed by atoms with Gasteiger partial charge in [0.05, 0.1) is 23.4 Å². The molecule has 0 aliphatic heterocycles. The number of aromatic nitrogens is 2. The van der Waals surface area contributed by atoms with E-state index in [0.29, 0.717) is 17.7 Å². The van der Waals surface area contributed by atoms with E-state index in [-0.39, 0.29) is 0 Å². The number of nitrogens with one attached hydrogen (secondary N) is 1. The fourth-order valence-electron chi connectivity index (χ4n) is 1.61. The normalized spacial score (nSPS) is 9.50. The first kappa shape index (κ1) is 11.7. The van der Waals surface area contributed by atoms with Gasteiger partial charge >= 0.3 is 0 Å². The van der Waals surface area contributed by atoms with E-state index >= 15 is 0 Å². The molecule has 5 heteroatoms. The SMILES string of the molecule is Cn1nccc1CNc1ccc(C#N)c(C#N)c1. The van der Waals surface area contributed by atoms with E-state index in [1.165, 1.54) is 0 Å². The van der Waals surface area contributed by atoms with Gasteiger partial charge in [0.2, 0.25) is 0 Å². The highest BCUT2D eigenvalue weighted by molar-refractivity contribution is 5.56. The van der Waals surface area contributed by atoms with Crippen LogP contribution in [0.25, 0.3) is 0 Å². The molecular weight excluding hydrogens is 226 g/mol. The molecule has 1 aromatic heterocycles. The highest BCUT2D eigenvalue weighted by Gasteiger charge is 2.03. The van der Waals surface area contributed by atoms with Crippen molar-refractivity contribution in [2.75, 3.05) is 5.32 Å². The summed E-state index contributed by atoms with van der Waals surface area (Å²) in [6.45, 7) is 0.618. The van der Waals surface area contributed by atoms with E-state index in [1.807, 2.05) is 25.3 Å². The van der Waals surface area contributed by atoms with Gasteiger partial charge in [0, 0.05) is 18.9 Å². The Balaban J connectivity index is 2.14. The van der Waals surface area contributed by atoms with Crippen molar-refractivity contribution in [1.82, 2.24) is 9.78 Å². The molecule has 2 aromatic rings. The van der Waals surface area contributed by atoms with E-state index in [9.17, 15) is 0 Å². The smallest absolute Gasteiger partial charge is 0.101 e. The van der Waals surface area contributed by atoms with E-state index in [2.05, 4.69) is 10.4 Å². The summed E-state index contributed by atoms with van der Waals surface area (Å²) < 4.78 is 1.78. The molecule has 0 spiro atoms. The molecule has 2 rings (SSSR count). The Morgan fingerprint density at radius 1 is 1.22 bits per heavy atom. The minimum absolute atomic E-state index is 0.382. The first-order valence-electron chi connectivity index (χ1n) is 5.39. The maximum atomic E-state index is 8.93. The van der Waals surface area contributed by atoms with Crippen molar-refractivity contribution >= 4 is 5.69 Å². The van der Waals surface area contributed by atoms with Gasteiger partial charge < -0.3 is 5.32 Å². The quantitative estimate of drug-likeness (QED) is 0.882.